The van der Waals surface area contributed by atoms with Crippen LogP contribution in [0.3, 0.4) is 0 Å². The number of nitrogens with zero attached hydrogens (tertiary/aromatic N) is 1. The molecular weight excluding hydrogens is 208 g/mol. The van der Waals surface area contributed by atoms with Crippen LogP contribution in [0.5, 0.6) is 0 Å². The van der Waals surface area contributed by atoms with Crippen LogP contribution in [0.4, 0.5) is 5.69 Å². The molecule has 0 unspecified atom stereocenters. The lowest BCUT2D eigenvalue weighted by Crippen LogP contribution is -2.59. The first-order chi connectivity index (χ1) is 8.34. The molecule has 2 heteroatoms. The van der Waals surface area contributed by atoms with E-state index >= 15 is 0 Å². The number of hydrogen-bond donors (Lipinski definition) is 1. The first-order valence-electron chi connectivity index (χ1n) is 6.91. The highest BCUT2D eigenvalue weighted by molar-refractivity contribution is 5.50. The molecule has 1 heterocycles. The first-order valence-corrected chi connectivity index (χ1v) is 6.91. The molecule has 1 aliphatic carbocycles. The molecule has 3 rings (SSSR count). The monoisotopic (exact) mass is 230 g/mol. The van der Waals surface area contributed by atoms with Gasteiger partial charge in [-0.15, -0.1) is 0 Å². The van der Waals surface area contributed by atoms with E-state index in [1.165, 1.54) is 36.9 Å². The number of benzene rings is 1. The van der Waals surface area contributed by atoms with Crippen molar-refractivity contribution >= 4 is 5.69 Å². The zero-order chi connectivity index (χ0) is 11.7. The Hall–Kier alpha value is -1.02. The standard InChI is InChI=1S/C15H22N2/c1-12-5-4-6-13(11-12)17-10-9-16-14-7-2-3-8-15(14)17/h4-6,11,14-16H,2-3,7-10H2,1H3/t14-,15-/m0/s1. The van der Waals surface area contributed by atoms with Gasteiger partial charge in [0, 0.05) is 30.9 Å². The molecule has 0 aromatic heterocycles. The Bertz CT molecular complexity index is 386. The molecule has 1 aromatic rings. The summed E-state index contributed by atoms with van der Waals surface area (Å²) in [5.74, 6) is 0. The Balaban J connectivity index is 1.85. The third-order valence-electron chi connectivity index (χ3n) is 4.22. The maximum Gasteiger partial charge on any atom is 0.0443 e. The van der Waals surface area contributed by atoms with Crippen LogP contribution in [0.1, 0.15) is 31.2 Å². The van der Waals surface area contributed by atoms with Crippen LogP contribution >= 0.6 is 0 Å². The van der Waals surface area contributed by atoms with Crippen molar-refractivity contribution in [2.75, 3.05) is 18.0 Å². The van der Waals surface area contributed by atoms with Gasteiger partial charge >= 0.3 is 0 Å². The zero-order valence-corrected chi connectivity index (χ0v) is 10.7. The van der Waals surface area contributed by atoms with E-state index in [0.29, 0.717) is 0 Å². The molecule has 1 saturated carbocycles. The minimum Gasteiger partial charge on any atom is -0.366 e. The third kappa shape index (κ3) is 2.19. The maximum absolute atomic E-state index is 3.69. The molecule has 1 aromatic carbocycles. The van der Waals surface area contributed by atoms with Crippen LogP contribution in [0, 0.1) is 6.92 Å². The predicted octanol–water partition coefficient (Wildman–Crippen LogP) is 2.72. The summed E-state index contributed by atoms with van der Waals surface area (Å²) < 4.78 is 0. The summed E-state index contributed by atoms with van der Waals surface area (Å²) in [6, 6.07) is 10.4. The summed E-state index contributed by atoms with van der Waals surface area (Å²) >= 11 is 0. The van der Waals surface area contributed by atoms with Crippen molar-refractivity contribution in [1.82, 2.24) is 5.32 Å². The minimum absolute atomic E-state index is 0.720. The molecule has 2 fully saturated rings. The fraction of sp³-hybridized carbons (Fsp3) is 0.600. The van der Waals surface area contributed by atoms with E-state index in [2.05, 4.69) is 41.4 Å². The highest BCUT2D eigenvalue weighted by Gasteiger charge is 2.32. The van der Waals surface area contributed by atoms with Gasteiger partial charge in [0.1, 0.15) is 0 Å². The van der Waals surface area contributed by atoms with Crippen molar-refractivity contribution in [2.24, 2.45) is 0 Å². The fourth-order valence-corrected chi connectivity index (χ4v) is 3.39. The third-order valence-corrected chi connectivity index (χ3v) is 4.22. The Kier molecular flexibility index (Phi) is 3.06. The van der Waals surface area contributed by atoms with Gasteiger partial charge in [-0.1, -0.05) is 25.0 Å². The molecule has 0 spiro atoms. The summed E-state index contributed by atoms with van der Waals surface area (Å²) in [5, 5.41) is 3.69. The lowest BCUT2D eigenvalue weighted by atomic mass is 9.87. The Morgan fingerprint density at radius 1 is 1.24 bits per heavy atom. The molecule has 1 aliphatic heterocycles. The number of fused-ring (bicyclic) bond motifs is 1. The largest absolute Gasteiger partial charge is 0.366 e. The van der Waals surface area contributed by atoms with E-state index in [0.717, 1.165) is 25.2 Å². The second-order valence-electron chi connectivity index (χ2n) is 5.44. The lowest BCUT2D eigenvalue weighted by molar-refractivity contribution is 0.284. The van der Waals surface area contributed by atoms with Gasteiger partial charge in [-0.25, -0.2) is 0 Å². The van der Waals surface area contributed by atoms with Crippen molar-refractivity contribution in [3.05, 3.63) is 29.8 Å². The molecule has 1 N–H and O–H groups in total. The molecule has 2 atom stereocenters. The van der Waals surface area contributed by atoms with Gasteiger partial charge < -0.3 is 10.2 Å². The number of aryl methyl sites for hydroxylation is 1. The molecule has 0 radical (unpaired) electrons. The average Bonchev–Trinajstić information content (AvgIpc) is 2.38. The Labute approximate surface area is 104 Å². The molecule has 1 saturated heterocycles. The molecule has 92 valence electrons. The molecule has 2 nitrogen and oxygen atoms in total. The van der Waals surface area contributed by atoms with Gasteiger partial charge in [0.25, 0.3) is 0 Å². The van der Waals surface area contributed by atoms with E-state index in [9.17, 15) is 0 Å². The van der Waals surface area contributed by atoms with Gasteiger partial charge in [-0.05, 0) is 37.5 Å². The highest BCUT2D eigenvalue weighted by atomic mass is 15.2. The summed E-state index contributed by atoms with van der Waals surface area (Å²) in [6.45, 7) is 4.48. The number of hydrogen-bond acceptors (Lipinski definition) is 2. The smallest absolute Gasteiger partial charge is 0.0443 e. The molecule has 2 aliphatic rings. The van der Waals surface area contributed by atoms with Crippen molar-refractivity contribution in [3.8, 4) is 0 Å². The van der Waals surface area contributed by atoms with E-state index < -0.39 is 0 Å². The maximum atomic E-state index is 3.69. The van der Waals surface area contributed by atoms with Crippen LogP contribution in [0.2, 0.25) is 0 Å². The molecular formula is C15H22N2. The SMILES string of the molecule is Cc1cccc(N2CCN[C@H]3CCCC[C@@H]32)c1. The second-order valence-corrected chi connectivity index (χ2v) is 5.44. The van der Waals surface area contributed by atoms with Crippen LogP contribution in [-0.2, 0) is 0 Å². The van der Waals surface area contributed by atoms with Gasteiger partial charge in [-0.3, -0.25) is 0 Å². The van der Waals surface area contributed by atoms with Gasteiger partial charge in [0.15, 0.2) is 0 Å². The van der Waals surface area contributed by atoms with Crippen molar-refractivity contribution < 1.29 is 0 Å². The highest BCUT2D eigenvalue weighted by Crippen LogP contribution is 2.29. The van der Waals surface area contributed by atoms with Gasteiger partial charge in [-0.2, -0.15) is 0 Å². The summed E-state index contributed by atoms with van der Waals surface area (Å²) in [7, 11) is 0. The number of nitrogens with one attached hydrogen (secondary N) is 1. The van der Waals surface area contributed by atoms with Crippen LogP contribution in [-0.4, -0.2) is 25.2 Å². The fourth-order valence-electron chi connectivity index (χ4n) is 3.39. The van der Waals surface area contributed by atoms with Crippen molar-refractivity contribution in [2.45, 2.75) is 44.7 Å². The van der Waals surface area contributed by atoms with E-state index in [1.54, 1.807) is 0 Å². The first kappa shape index (κ1) is 11.1. The topological polar surface area (TPSA) is 15.3 Å². The number of piperazine rings is 1. The normalized spacial score (nSPS) is 28.9. The summed E-state index contributed by atoms with van der Waals surface area (Å²) in [4.78, 5) is 2.63. The van der Waals surface area contributed by atoms with Crippen molar-refractivity contribution in [3.63, 3.8) is 0 Å². The van der Waals surface area contributed by atoms with Crippen LogP contribution in [0.25, 0.3) is 0 Å². The van der Waals surface area contributed by atoms with Gasteiger partial charge in [0.2, 0.25) is 0 Å². The lowest BCUT2D eigenvalue weighted by Gasteiger charge is -2.46. The second kappa shape index (κ2) is 4.69. The van der Waals surface area contributed by atoms with E-state index in [4.69, 9.17) is 0 Å². The van der Waals surface area contributed by atoms with E-state index in [1.807, 2.05) is 0 Å². The molecule has 0 amide bonds. The quantitative estimate of drug-likeness (QED) is 0.798. The zero-order valence-electron chi connectivity index (χ0n) is 10.7. The molecule has 17 heavy (non-hydrogen) atoms. The van der Waals surface area contributed by atoms with Crippen LogP contribution in [0.15, 0.2) is 24.3 Å². The molecule has 0 bridgehead atoms. The average molecular weight is 230 g/mol. The van der Waals surface area contributed by atoms with Crippen LogP contribution < -0.4 is 10.2 Å². The Morgan fingerprint density at radius 3 is 3.00 bits per heavy atom. The Morgan fingerprint density at radius 2 is 2.12 bits per heavy atom. The number of anilines is 1. The summed E-state index contributed by atoms with van der Waals surface area (Å²) in [6.07, 6.45) is 5.50. The van der Waals surface area contributed by atoms with Crippen molar-refractivity contribution in [1.29, 1.82) is 0 Å². The van der Waals surface area contributed by atoms with E-state index in [-0.39, 0.29) is 0 Å². The van der Waals surface area contributed by atoms with Gasteiger partial charge in [0.05, 0.1) is 0 Å². The number of rotatable bonds is 1. The minimum atomic E-state index is 0.720. The predicted molar refractivity (Wildman–Crippen MR) is 72.6 cm³/mol. The summed E-state index contributed by atoms with van der Waals surface area (Å²) in [5.41, 5.74) is 2.79.